The molecule has 3 unspecified atom stereocenters. The van der Waals surface area contributed by atoms with Crippen molar-refractivity contribution in [2.75, 3.05) is 11.5 Å². The number of aliphatic hydroxyl groups excluding tert-OH is 1. The molecule has 1 aromatic rings. The smallest absolute Gasteiger partial charge is 0.156 e. The Morgan fingerprint density at radius 1 is 1.47 bits per heavy atom. The van der Waals surface area contributed by atoms with Crippen molar-refractivity contribution >= 4 is 21.4 Å². The van der Waals surface area contributed by atoms with Gasteiger partial charge in [-0.1, -0.05) is 17.7 Å². The minimum absolute atomic E-state index is 0.149. The van der Waals surface area contributed by atoms with Gasteiger partial charge in [0, 0.05) is 6.04 Å². The highest BCUT2D eigenvalue weighted by molar-refractivity contribution is 7.91. The molecule has 1 fully saturated rings. The highest BCUT2D eigenvalue weighted by atomic mass is 35.5. The molecule has 0 spiro atoms. The molecular formula is C12H16ClNO4S. The normalized spacial score (nSPS) is 27.2. The molecule has 0 radical (unpaired) electrons. The predicted molar refractivity (Wildman–Crippen MR) is 73.1 cm³/mol. The van der Waals surface area contributed by atoms with Gasteiger partial charge in [-0.25, -0.2) is 8.42 Å². The van der Waals surface area contributed by atoms with E-state index in [1.807, 2.05) is 6.92 Å². The number of halogens is 1. The van der Waals surface area contributed by atoms with Crippen LogP contribution in [0.3, 0.4) is 0 Å². The van der Waals surface area contributed by atoms with Gasteiger partial charge in [-0.05, 0) is 24.6 Å². The summed E-state index contributed by atoms with van der Waals surface area (Å²) in [6.45, 7) is 1.83. The van der Waals surface area contributed by atoms with Gasteiger partial charge in [0.2, 0.25) is 0 Å². The number of sulfone groups is 1. The Morgan fingerprint density at radius 2 is 2.16 bits per heavy atom. The van der Waals surface area contributed by atoms with Gasteiger partial charge in [0.1, 0.15) is 18.0 Å². The monoisotopic (exact) mass is 305 g/mol. The van der Waals surface area contributed by atoms with Crippen molar-refractivity contribution in [3.63, 3.8) is 0 Å². The SMILES string of the molecule is CC(N)c1ccc(OC2CS(=O)(=O)CC2O)c(Cl)c1. The summed E-state index contributed by atoms with van der Waals surface area (Å²) < 4.78 is 28.2. The summed E-state index contributed by atoms with van der Waals surface area (Å²) in [6.07, 6.45) is -1.79. The van der Waals surface area contributed by atoms with E-state index in [-0.39, 0.29) is 17.5 Å². The summed E-state index contributed by atoms with van der Waals surface area (Å²) in [7, 11) is -3.24. The topological polar surface area (TPSA) is 89.6 Å². The lowest BCUT2D eigenvalue weighted by Gasteiger charge is -2.17. The van der Waals surface area contributed by atoms with Crippen LogP contribution in [0, 0.1) is 0 Å². The molecule has 0 aromatic heterocycles. The highest BCUT2D eigenvalue weighted by Crippen LogP contribution is 2.30. The van der Waals surface area contributed by atoms with E-state index < -0.39 is 22.0 Å². The lowest BCUT2D eigenvalue weighted by atomic mass is 10.1. The zero-order chi connectivity index (χ0) is 14.2. The molecule has 19 heavy (non-hydrogen) atoms. The highest BCUT2D eigenvalue weighted by Gasteiger charge is 2.38. The summed E-state index contributed by atoms with van der Waals surface area (Å²) in [6, 6.07) is 4.93. The zero-order valence-electron chi connectivity index (χ0n) is 10.4. The minimum atomic E-state index is -3.24. The van der Waals surface area contributed by atoms with Gasteiger partial charge in [-0.2, -0.15) is 0 Å². The van der Waals surface area contributed by atoms with E-state index in [2.05, 4.69) is 0 Å². The first-order valence-corrected chi connectivity index (χ1v) is 8.08. The van der Waals surface area contributed by atoms with E-state index in [9.17, 15) is 13.5 Å². The van der Waals surface area contributed by atoms with Gasteiger partial charge in [0.15, 0.2) is 9.84 Å². The number of hydrogen-bond acceptors (Lipinski definition) is 5. The summed E-state index contributed by atoms with van der Waals surface area (Å²) in [5.41, 5.74) is 6.59. The quantitative estimate of drug-likeness (QED) is 0.866. The third-order valence-corrected chi connectivity index (χ3v) is 5.01. The minimum Gasteiger partial charge on any atom is -0.485 e. The molecule has 5 nitrogen and oxygen atoms in total. The van der Waals surface area contributed by atoms with Crippen LogP contribution in [0.5, 0.6) is 5.75 Å². The average molecular weight is 306 g/mol. The van der Waals surface area contributed by atoms with Crippen molar-refractivity contribution in [3.05, 3.63) is 28.8 Å². The number of aliphatic hydroxyl groups is 1. The molecule has 7 heteroatoms. The number of hydrogen-bond donors (Lipinski definition) is 2. The molecule has 1 saturated heterocycles. The van der Waals surface area contributed by atoms with Gasteiger partial charge >= 0.3 is 0 Å². The van der Waals surface area contributed by atoms with Gasteiger partial charge < -0.3 is 15.6 Å². The second-order valence-corrected chi connectivity index (χ2v) is 7.34. The first-order valence-electron chi connectivity index (χ1n) is 5.88. The second-order valence-electron chi connectivity index (χ2n) is 4.78. The average Bonchev–Trinajstić information content (AvgIpc) is 2.54. The van der Waals surface area contributed by atoms with Crippen molar-refractivity contribution in [1.82, 2.24) is 0 Å². The maximum atomic E-state index is 11.4. The Labute approximate surface area is 117 Å². The third-order valence-electron chi connectivity index (χ3n) is 3.03. The fraction of sp³-hybridized carbons (Fsp3) is 0.500. The third kappa shape index (κ3) is 3.39. The Hall–Kier alpha value is -0.820. The lowest BCUT2D eigenvalue weighted by Crippen LogP contribution is -2.29. The zero-order valence-corrected chi connectivity index (χ0v) is 12.0. The Kier molecular flexibility index (Phi) is 4.06. The molecule has 0 bridgehead atoms. The second kappa shape index (κ2) is 5.28. The first-order chi connectivity index (χ1) is 8.78. The van der Waals surface area contributed by atoms with Crippen molar-refractivity contribution < 1.29 is 18.3 Å². The molecular weight excluding hydrogens is 290 g/mol. The summed E-state index contributed by atoms with van der Waals surface area (Å²) in [5, 5.41) is 10.0. The molecule has 3 atom stereocenters. The van der Waals surface area contributed by atoms with Crippen LogP contribution in [-0.4, -0.2) is 37.2 Å². The van der Waals surface area contributed by atoms with Crippen LogP contribution in [0.1, 0.15) is 18.5 Å². The summed E-state index contributed by atoms with van der Waals surface area (Å²) >= 11 is 6.06. The molecule has 0 aliphatic carbocycles. The van der Waals surface area contributed by atoms with Gasteiger partial charge in [0.05, 0.1) is 16.5 Å². The van der Waals surface area contributed by atoms with E-state index >= 15 is 0 Å². The molecule has 0 amide bonds. The Balaban J connectivity index is 2.16. The number of nitrogens with two attached hydrogens (primary N) is 1. The molecule has 2 rings (SSSR count). The number of ether oxygens (including phenoxy) is 1. The largest absolute Gasteiger partial charge is 0.485 e. The van der Waals surface area contributed by atoms with E-state index in [0.717, 1.165) is 5.56 Å². The fourth-order valence-electron chi connectivity index (χ4n) is 1.97. The summed E-state index contributed by atoms with van der Waals surface area (Å²) in [4.78, 5) is 0. The van der Waals surface area contributed by atoms with Crippen LogP contribution < -0.4 is 10.5 Å². The molecule has 0 saturated carbocycles. The molecule has 1 aromatic carbocycles. The van der Waals surface area contributed by atoms with Crippen LogP contribution in [0.2, 0.25) is 5.02 Å². The summed E-state index contributed by atoms with van der Waals surface area (Å²) in [5.74, 6) is -0.112. The van der Waals surface area contributed by atoms with Crippen molar-refractivity contribution in [3.8, 4) is 5.75 Å². The Morgan fingerprint density at radius 3 is 2.63 bits per heavy atom. The number of benzene rings is 1. The van der Waals surface area contributed by atoms with Crippen LogP contribution in [-0.2, 0) is 9.84 Å². The van der Waals surface area contributed by atoms with E-state index in [0.29, 0.717) is 10.8 Å². The van der Waals surface area contributed by atoms with Crippen LogP contribution >= 0.6 is 11.6 Å². The maximum absolute atomic E-state index is 11.4. The Bertz CT molecular complexity index is 573. The van der Waals surface area contributed by atoms with Crippen molar-refractivity contribution in [1.29, 1.82) is 0 Å². The van der Waals surface area contributed by atoms with Crippen LogP contribution in [0.4, 0.5) is 0 Å². The van der Waals surface area contributed by atoms with Gasteiger partial charge in [-0.3, -0.25) is 0 Å². The van der Waals surface area contributed by atoms with E-state index in [1.54, 1.807) is 18.2 Å². The van der Waals surface area contributed by atoms with Gasteiger partial charge in [0.25, 0.3) is 0 Å². The first kappa shape index (κ1) is 14.6. The predicted octanol–water partition coefficient (Wildman–Crippen LogP) is 0.896. The van der Waals surface area contributed by atoms with E-state index in [4.69, 9.17) is 22.1 Å². The van der Waals surface area contributed by atoms with Crippen LogP contribution in [0.15, 0.2) is 18.2 Å². The molecule has 1 aliphatic heterocycles. The van der Waals surface area contributed by atoms with Gasteiger partial charge in [-0.15, -0.1) is 0 Å². The lowest BCUT2D eigenvalue weighted by molar-refractivity contribution is 0.0738. The van der Waals surface area contributed by atoms with Crippen molar-refractivity contribution in [2.24, 2.45) is 5.73 Å². The molecule has 1 heterocycles. The molecule has 3 N–H and O–H groups in total. The maximum Gasteiger partial charge on any atom is 0.156 e. The van der Waals surface area contributed by atoms with E-state index in [1.165, 1.54) is 0 Å². The number of rotatable bonds is 3. The van der Waals surface area contributed by atoms with Crippen molar-refractivity contribution in [2.45, 2.75) is 25.2 Å². The molecule has 1 aliphatic rings. The van der Waals surface area contributed by atoms with Crippen LogP contribution in [0.25, 0.3) is 0 Å². The molecule has 106 valence electrons. The standard InChI is InChI=1S/C12H16ClNO4S/c1-7(14)8-2-3-11(9(13)4-8)18-12-6-19(16,17)5-10(12)15/h2-4,7,10,12,15H,5-6,14H2,1H3. The fourth-order valence-corrected chi connectivity index (χ4v) is 3.86.